The fourth-order valence-electron chi connectivity index (χ4n) is 3.33. The summed E-state index contributed by atoms with van der Waals surface area (Å²) in [6, 6.07) is 21.2. The lowest BCUT2D eigenvalue weighted by molar-refractivity contribution is 0.355. The van der Waals surface area contributed by atoms with E-state index in [1.54, 1.807) is 20.3 Å². The monoisotopic (exact) mass is 434 g/mol. The average Bonchev–Trinajstić information content (AvgIpc) is 2.79. The lowest BCUT2D eigenvalue weighted by atomic mass is 10.1. The zero-order valence-corrected chi connectivity index (χ0v) is 18.6. The molecule has 0 bridgehead atoms. The summed E-state index contributed by atoms with van der Waals surface area (Å²) in [6.07, 6.45) is 0. The first-order valence-corrected chi connectivity index (χ1v) is 10.1. The number of rotatable bonds is 5. The third-order valence-corrected chi connectivity index (χ3v) is 5.22. The maximum absolute atomic E-state index is 6.26. The molecule has 0 atom stereocenters. The maximum atomic E-state index is 6.26. The highest BCUT2D eigenvalue weighted by molar-refractivity contribution is 6.31. The summed E-state index contributed by atoms with van der Waals surface area (Å²) in [4.78, 5) is 6.93. The van der Waals surface area contributed by atoms with E-state index in [-0.39, 0.29) is 0 Å². The van der Waals surface area contributed by atoms with Gasteiger partial charge in [-0.25, -0.2) is 4.99 Å². The predicted octanol–water partition coefficient (Wildman–Crippen LogP) is 6.07. The normalized spacial score (nSPS) is 11.6. The first kappa shape index (κ1) is 20.8. The van der Waals surface area contributed by atoms with Crippen molar-refractivity contribution in [2.24, 2.45) is 4.99 Å². The summed E-state index contributed by atoms with van der Waals surface area (Å²) in [5, 5.41) is 2.24. The van der Waals surface area contributed by atoms with Gasteiger partial charge in [-0.1, -0.05) is 11.6 Å². The molecule has 6 heteroatoms. The molecular weight excluding hydrogens is 412 g/mol. The van der Waals surface area contributed by atoms with Gasteiger partial charge in [-0.05, 0) is 60.7 Å². The fraction of sp³-hybridized carbons (Fsp3) is 0.160. The molecule has 0 radical (unpaired) electrons. The molecule has 5 nitrogen and oxygen atoms in total. The molecule has 1 heterocycles. The van der Waals surface area contributed by atoms with E-state index in [1.807, 2.05) is 74.8 Å². The standard InChI is InChI=1S/C25H23ClN2O3/c1-28(2)19-9-7-18(8-10-19)27-21-15-24(31-22-12-6-17(26)14-20(21)22)16-5-11-23(29-3)25(13-16)30-4/h5-15H,1-4H3. The van der Waals surface area contributed by atoms with Gasteiger partial charge in [-0.2, -0.15) is 0 Å². The zero-order valence-electron chi connectivity index (χ0n) is 17.8. The molecule has 3 aromatic carbocycles. The van der Waals surface area contributed by atoms with Gasteiger partial charge in [0.15, 0.2) is 11.5 Å². The quantitative estimate of drug-likeness (QED) is 0.382. The van der Waals surface area contributed by atoms with E-state index in [0.717, 1.165) is 27.7 Å². The van der Waals surface area contributed by atoms with Crippen LogP contribution >= 0.6 is 11.6 Å². The van der Waals surface area contributed by atoms with Crippen LogP contribution < -0.4 is 19.7 Å². The van der Waals surface area contributed by atoms with E-state index in [9.17, 15) is 0 Å². The highest BCUT2D eigenvalue weighted by atomic mass is 35.5. The predicted molar refractivity (Wildman–Crippen MR) is 126 cm³/mol. The van der Waals surface area contributed by atoms with Crippen molar-refractivity contribution in [3.8, 4) is 22.8 Å². The van der Waals surface area contributed by atoms with Crippen molar-refractivity contribution >= 4 is 33.9 Å². The van der Waals surface area contributed by atoms with E-state index in [2.05, 4.69) is 4.90 Å². The van der Waals surface area contributed by atoms with Gasteiger partial charge in [0, 0.05) is 41.8 Å². The zero-order chi connectivity index (χ0) is 22.0. The molecule has 4 aromatic rings. The minimum absolute atomic E-state index is 0.626. The molecule has 0 spiro atoms. The molecule has 1 aromatic heterocycles. The molecule has 0 saturated carbocycles. The van der Waals surface area contributed by atoms with Gasteiger partial charge in [-0.15, -0.1) is 0 Å². The molecule has 0 fully saturated rings. The minimum atomic E-state index is 0.626. The number of benzene rings is 3. The highest BCUT2D eigenvalue weighted by Crippen LogP contribution is 2.33. The average molecular weight is 435 g/mol. The van der Waals surface area contributed by atoms with Crippen LogP contribution in [0.15, 0.2) is 76.1 Å². The van der Waals surface area contributed by atoms with Crippen LogP contribution in [0.25, 0.3) is 22.3 Å². The molecule has 0 aliphatic carbocycles. The van der Waals surface area contributed by atoms with Crippen LogP contribution in [0.4, 0.5) is 11.4 Å². The van der Waals surface area contributed by atoms with Crippen molar-refractivity contribution in [2.45, 2.75) is 0 Å². The number of halogens is 1. The lowest BCUT2D eigenvalue weighted by Gasteiger charge is -2.12. The van der Waals surface area contributed by atoms with Crippen molar-refractivity contribution in [2.75, 3.05) is 33.2 Å². The molecular formula is C25H23ClN2O3. The van der Waals surface area contributed by atoms with Crippen LogP contribution in [-0.4, -0.2) is 28.3 Å². The van der Waals surface area contributed by atoms with Gasteiger partial charge >= 0.3 is 0 Å². The Balaban J connectivity index is 1.91. The Labute approximate surface area is 186 Å². The van der Waals surface area contributed by atoms with Crippen molar-refractivity contribution in [3.05, 3.63) is 77.1 Å². The SMILES string of the molecule is COc1ccc(-c2cc(=Nc3ccc(N(C)C)cc3)c3cc(Cl)ccc3o2)cc1OC. The van der Waals surface area contributed by atoms with Crippen LogP contribution in [0, 0.1) is 0 Å². The summed E-state index contributed by atoms with van der Waals surface area (Å²) in [5.74, 6) is 1.95. The summed E-state index contributed by atoms with van der Waals surface area (Å²) < 4.78 is 17.0. The number of ether oxygens (including phenoxy) is 2. The first-order valence-electron chi connectivity index (χ1n) is 9.76. The Kier molecular flexibility index (Phi) is 5.87. The summed E-state index contributed by atoms with van der Waals surface area (Å²) in [6.45, 7) is 0. The Morgan fingerprint density at radius 3 is 2.26 bits per heavy atom. The van der Waals surface area contributed by atoms with Gasteiger partial charge in [0.2, 0.25) is 0 Å². The first-order chi connectivity index (χ1) is 15.0. The highest BCUT2D eigenvalue weighted by Gasteiger charge is 2.11. The van der Waals surface area contributed by atoms with Gasteiger partial charge in [0.25, 0.3) is 0 Å². The number of hydrogen-bond acceptors (Lipinski definition) is 5. The molecule has 0 N–H and O–H groups in total. The topological polar surface area (TPSA) is 47.2 Å². The Hall–Kier alpha value is -3.44. The number of hydrogen-bond donors (Lipinski definition) is 0. The van der Waals surface area contributed by atoms with Crippen LogP contribution in [0.2, 0.25) is 5.02 Å². The van der Waals surface area contributed by atoms with Gasteiger partial charge < -0.3 is 18.8 Å². The van der Waals surface area contributed by atoms with Crippen LogP contribution in [-0.2, 0) is 0 Å². The third-order valence-electron chi connectivity index (χ3n) is 4.99. The molecule has 4 rings (SSSR count). The second kappa shape index (κ2) is 8.74. The van der Waals surface area contributed by atoms with E-state index in [0.29, 0.717) is 27.9 Å². The van der Waals surface area contributed by atoms with Gasteiger partial charge in [0.05, 0.1) is 25.3 Å². The molecule has 0 aliphatic heterocycles. The summed E-state index contributed by atoms with van der Waals surface area (Å²) in [7, 11) is 7.24. The number of nitrogens with zero attached hydrogens (tertiary/aromatic N) is 2. The second-order valence-corrected chi connectivity index (χ2v) is 7.67. The Bertz CT molecular complexity index is 1290. The van der Waals surface area contributed by atoms with E-state index in [1.165, 1.54) is 0 Å². The maximum Gasteiger partial charge on any atom is 0.161 e. The number of methoxy groups -OCH3 is 2. The molecule has 0 amide bonds. The molecule has 158 valence electrons. The van der Waals surface area contributed by atoms with Gasteiger partial charge in [-0.3, -0.25) is 0 Å². The molecule has 0 unspecified atom stereocenters. The smallest absolute Gasteiger partial charge is 0.161 e. The van der Waals surface area contributed by atoms with E-state index < -0.39 is 0 Å². The van der Waals surface area contributed by atoms with Crippen molar-refractivity contribution < 1.29 is 13.9 Å². The van der Waals surface area contributed by atoms with Gasteiger partial charge in [0.1, 0.15) is 11.3 Å². The number of anilines is 1. The fourth-order valence-corrected chi connectivity index (χ4v) is 3.50. The largest absolute Gasteiger partial charge is 0.493 e. The Morgan fingerprint density at radius 2 is 1.58 bits per heavy atom. The third kappa shape index (κ3) is 4.37. The Morgan fingerprint density at radius 1 is 0.839 bits per heavy atom. The molecule has 31 heavy (non-hydrogen) atoms. The van der Waals surface area contributed by atoms with Crippen LogP contribution in [0.5, 0.6) is 11.5 Å². The molecule has 0 saturated heterocycles. The summed E-state index contributed by atoms with van der Waals surface area (Å²) in [5.41, 5.74) is 3.51. The lowest BCUT2D eigenvalue weighted by Crippen LogP contribution is -2.08. The summed E-state index contributed by atoms with van der Waals surface area (Å²) >= 11 is 6.26. The van der Waals surface area contributed by atoms with Crippen molar-refractivity contribution in [3.63, 3.8) is 0 Å². The number of fused-ring (bicyclic) bond motifs is 1. The van der Waals surface area contributed by atoms with E-state index >= 15 is 0 Å². The van der Waals surface area contributed by atoms with Crippen LogP contribution in [0.3, 0.4) is 0 Å². The van der Waals surface area contributed by atoms with Crippen molar-refractivity contribution in [1.29, 1.82) is 0 Å². The second-order valence-electron chi connectivity index (χ2n) is 7.23. The minimum Gasteiger partial charge on any atom is -0.493 e. The van der Waals surface area contributed by atoms with Crippen molar-refractivity contribution in [1.82, 2.24) is 0 Å². The molecule has 0 aliphatic rings. The van der Waals surface area contributed by atoms with Crippen LogP contribution in [0.1, 0.15) is 0 Å². The van der Waals surface area contributed by atoms with E-state index in [4.69, 9.17) is 30.5 Å².